The highest BCUT2D eigenvalue weighted by Crippen LogP contribution is 2.50. The molecule has 4 aliphatic heterocycles. The standard InChI is InChI=1S/C34H52FN5O5/c1-38-11-4-7-23(38)8-10-36-34(43)25-20-40-27-17-21-5-2-3-6-22(21)18-28(27)45-33-30(26(35)19-24(31(33)40)32(25)42)37-29(41)9-12-39-13-15-44-16-14-39/h20-24,26-28,30-31,33H,2-19H2,1H3,(H,36,43)(H,37,41). The average molecular weight is 630 g/mol. The third-order valence-electron chi connectivity index (χ3n) is 12.3. The molecule has 3 saturated heterocycles. The SMILES string of the molecule is CN1CCCC1CCNC(=O)C1=CN2C3CC4CCCCC4CC3OC3C(NC(=O)CCN4CCOCC4)C(F)CC(C1=O)C32. The minimum absolute atomic E-state index is 0.0187. The van der Waals surface area contributed by atoms with Crippen molar-refractivity contribution < 1.29 is 28.2 Å². The number of rotatable bonds is 8. The molecule has 0 aromatic heterocycles. The van der Waals surface area contributed by atoms with Crippen LogP contribution in [0.25, 0.3) is 0 Å². The molecule has 0 aromatic rings. The summed E-state index contributed by atoms with van der Waals surface area (Å²) < 4.78 is 28.4. The second-order valence-electron chi connectivity index (χ2n) is 14.8. The fraction of sp³-hybridized carbons (Fsp3) is 0.853. The Morgan fingerprint density at radius 1 is 1.02 bits per heavy atom. The van der Waals surface area contributed by atoms with Gasteiger partial charge in [0.15, 0.2) is 5.78 Å². The molecule has 6 fully saturated rings. The molecule has 0 radical (unpaired) electrons. The average Bonchev–Trinajstić information content (AvgIpc) is 3.46. The van der Waals surface area contributed by atoms with Gasteiger partial charge >= 0.3 is 0 Å². The molecule has 3 aliphatic carbocycles. The fourth-order valence-corrected chi connectivity index (χ4v) is 9.76. The molecule has 0 bridgehead atoms. The number of halogens is 1. The lowest BCUT2D eigenvalue weighted by atomic mass is 9.65. The van der Waals surface area contributed by atoms with Crippen LogP contribution < -0.4 is 10.6 Å². The Labute approximate surface area is 266 Å². The third-order valence-corrected chi connectivity index (χ3v) is 12.3. The number of fused-ring (bicyclic) bond motifs is 3. The van der Waals surface area contributed by atoms with Crippen molar-refractivity contribution >= 4 is 17.6 Å². The number of carbonyl (C=O) groups is 3. The number of nitrogens with zero attached hydrogens (tertiary/aromatic N) is 3. The van der Waals surface area contributed by atoms with Crippen molar-refractivity contribution in [3.63, 3.8) is 0 Å². The number of alkyl halides is 1. The van der Waals surface area contributed by atoms with Gasteiger partial charge in [0.25, 0.3) is 5.91 Å². The molecule has 4 heterocycles. The number of hydrogen-bond donors (Lipinski definition) is 2. The molecule has 0 spiro atoms. The number of carbonyl (C=O) groups excluding carboxylic acids is 3. The van der Waals surface area contributed by atoms with Crippen LogP contribution in [0.1, 0.15) is 70.6 Å². The largest absolute Gasteiger partial charge is 0.379 e. The number of amides is 2. The summed E-state index contributed by atoms with van der Waals surface area (Å²) in [5.41, 5.74) is 0.154. The lowest BCUT2D eigenvalue weighted by Crippen LogP contribution is -2.73. The molecular weight excluding hydrogens is 577 g/mol. The number of likely N-dealkylation sites (tertiary alicyclic amines) is 1. The number of ketones is 1. The number of Topliss-reactive ketones (excluding diaryl/α,β-unsaturated/α-hetero) is 1. The van der Waals surface area contributed by atoms with E-state index in [1.807, 2.05) is 0 Å². The Morgan fingerprint density at radius 3 is 2.56 bits per heavy atom. The quantitative estimate of drug-likeness (QED) is 0.394. The van der Waals surface area contributed by atoms with Gasteiger partial charge in [0.2, 0.25) is 5.91 Å². The highest BCUT2D eigenvalue weighted by atomic mass is 19.1. The van der Waals surface area contributed by atoms with E-state index >= 15 is 4.39 Å². The zero-order chi connectivity index (χ0) is 31.1. The van der Waals surface area contributed by atoms with Crippen LogP contribution in [0, 0.1) is 17.8 Å². The molecule has 250 valence electrons. The Bertz CT molecular complexity index is 1150. The lowest BCUT2D eigenvalue weighted by molar-refractivity contribution is -0.208. The minimum atomic E-state index is -1.43. The van der Waals surface area contributed by atoms with Gasteiger partial charge < -0.3 is 29.9 Å². The van der Waals surface area contributed by atoms with E-state index in [1.165, 1.54) is 32.1 Å². The summed E-state index contributed by atoms with van der Waals surface area (Å²) in [5, 5.41) is 6.05. The highest BCUT2D eigenvalue weighted by Gasteiger charge is 2.60. The van der Waals surface area contributed by atoms with Gasteiger partial charge in [-0.1, -0.05) is 25.7 Å². The zero-order valence-corrected chi connectivity index (χ0v) is 26.8. The van der Waals surface area contributed by atoms with E-state index < -0.39 is 24.2 Å². The van der Waals surface area contributed by atoms with Crippen LogP contribution in [-0.4, -0.2) is 128 Å². The first-order chi connectivity index (χ1) is 21.9. The third kappa shape index (κ3) is 6.43. The monoisotopic (exact) mass is 629 g/mol. The summed E-state index contributed by atoms with van der Waals surface area (Å²) in [7, 11) is 2.12. The predicted octanol–water partition coefficient (Wildman–Crippen LogP) is 2.03. The summed E-state index contributed by atoms with van der Waals surface area (Å²) >= 11 is 0. The number of hydrogen-bond acceptors (Lipinski definition) is 8. The first-order valence-electron chi connectivity index (χ1n) is 17.8. The Morgan fingerprint density at radius 2 is 1.80 bits per heavy atom. The van der Waals surface area contributed by atoms with E-state index in [0.29, 0.717) is 44.2 Å². The van der Waals surface area contributed by atoms with Gasteiger partial charge in [-0.15, -0.1) is 0 Å². The van der Waals surface area contributed by atoms with Gasteiger partial charge in [0.05, 0.1) is 43.0 Å². The maximum Gasteiger partial charge on any atom is 0.256 e. The summed E-state index contributed by atoms with van der Waals surface area (Å²) in [5.74, 6) is -0.303. The Balaban J connectivity index is 1.10. The van der Waals surface area contributed by atoms with E-state index in [9.17, 15) is 14.4 Å². The minimum Gasteiger partial charge on any atom is -0.379 e. The van der Waals surface area contributed by atoms with Crippen LogP contribution >= 0.6 is 0 Å². The molecule has 7 aliphatic rings. The second kappa shape index (κ2) is 13.6. The van der Waals surface area contributed by atoms with Crippen molar-refractivity contribution in [1.29, 1.82) is 0 Å². The lowest BCUT2D eigenvalue weighted by Gasteiger charge is -2.60. The van der Waals surface area contributed by atoms with Gasteiger partial charge in [0.1, 0.15) is 12.3 Å². The van der Waals surface area contributed by atoms with E-state index in [2.05, 4.69) is 32.4 Å². The number of nitrogens with one attached hydrogen (secondary N) is 2. The molecule has 3 saturated carbocycles. The molecule has 2 N–H and O–H groups in total. The fourth-order valence-electron chi connectivity index (χ4n) is 9.76. The molecule has 0 aromatic carbocycles. The first-order valence-corrected chi connectivity index (χ1v) is 17.8. The summed E-state index contributed by atoms with van der Waals surface area (Å²) in [6.07, 6.45) is 9.77. The van der Waals surface area contributed by atoms with Crippen molar-refractivity contribution in [1.82, 2.24) is 25.3 Å². The molecule has 2 amide bonds. The van der Waals surface area contributed by atoms with Crippen molar-refractivity contribution in [2.24, 2.45) is 17.8 Å². The molecule has 10 atom stereocenters. The first kappa shape index (κ1) is 31.5. The van der Waals surface area contributed by atoms with Crippen LogP contribution in [0.3, 0.4) is 0 Å². The summed E-state index contributed by atoms with van der Waals surface area (Å²) in [6.45, 7) is 5.10. The Hall–Kier alpha value is -2.08. The number of ether oxygens (including phenoxy) is 2. The molecule has 11 heteroatoms. The van der Waals surface area contributed by atoms with Crippen molar-refractivity contribution in [2.45, 2.75) is 113 Å². The van der Waals surface area contributed by atoms with Crippen molar-refractivity contribution in [3.05, 3.63) is 11.8 Å². The molecule has 45 heavy (non-hydrogen) atoms. The molecule has 10 unspecified atom stereocenters. The second-order valence-corrected chi connectivity index (χ2v) is 14.8. The van der Waals surface area contributed by atoms with Crippen molar-refractivity contribution in [2.75, 3.05) is 53.0 Å². The van der Waals surface area contributed by atoms with Gasteiger partial charge in [0, 0.05) is 50.8 Å². The predicted molar refractivity (Wildman–Crippen MR) is 166 cm³/mol. The molecular formula is C34H52FN5O5. The van der Waals surface area contributed by atoms with Gasteiger partial charge in [-0.05, 0) is 64.0 Å². The van der Waals surface area contributed by atoms with Gasteiger partial charge in [-0.25, -0.2) is 4.39 Å². The Kier molecular flexibility index (Phi) is 9.50. The number of morpholine rings is 2. The van der Waals surface area contributed by atoms with E-state index in [4.69, 9.17) is 9.47 Å². The van der Waals surface area contributed by atoms with Crippen molar-refractivity contribution in [3.8, 4) is 0 Å². The maximum absolute atomic E-state index is 16.2. The normalized spacial score (nSPS) is 40.2. The zero-order valence-electron chi connectivity index (χ0n) is 26.8. The van der Waals surface area contributed by atoms with Gasteiger partial charge in [-0.3, -0.25) is 19.3 Å². The van der Waals surface area contributed by atoms with E-state index in [-0.39, 0.29) is 54.2 Å². The summed E-state index contributed by atoms with van der Waals surface area (Å²) in [4.78, 5) is 47.4. The molecule has 7 rings (SSSR count). The van der Waals surface area contributed by atoms with Crippen LogP contribution in [0.5, 0.6) is 0 Å². The molecule has 10 nitrogen and oxygen atoms in total. The van der Waals surface area contributed by atoms with Crippen LogP contribution in [-0.2, 0) is 23.9 Å². The van der Waals surface area contributed by atoms with E-state index in [0.717, 1.165) is 45.3 Å². The highest BCUT2D eigenvalue weighted by molar-refractivity contribution is 6.20. The topological polar surface area (TPSA) is 103 Å². The van der Waals surface area contributed by atoms with Crippen LogP contribution in [0.15, 0.2) is 11.8 Å². The van der Waals surface area contributed by atoms with Gasteiger partial charge in [-0.2, -0.15) is 0 Å². The summed E-state index contributed by atoms with van der Waals surface area (Å²) in [6, 6.07) is -0.719. The van der Waals surface area contributed by atoms with E-state index in [1.54, 1.807) is 6.20 Å². The maximum atomic E-state index is 16.2. The van der Waals surface area contributed by atoms with Crippen LogP contribution in [0.4, 0.5) is 4.39 Å². The smallest absolute Gasteiger partial charge is 0.256 e. The van der Waals surface area contributed by atoms with Crippen LogP contribution in [0.2, 0.25) is 0 Å².